The summed E-state index contributed by atoms with van der Waals surface area (Å²) in [4.78, 5) is 10.8. The zero-order chi connectivity index (χ0) is 12.0. The quantitative estimate of drug-likeness (QED) is 0.750. The standard InChI is InChI=1S/C11H12Cl2O2S/c12-6-5-10(11(14)15)16-7-8-1-3-9(13)4-2-8/h1-4,10H,5-7H2,(H,14,15)/p-1. The topological polar surface area (TPSA) is 40.1 Å². The number of hydrogen-bond donors (Lipinski definition) is 0. The van der Waals surface area contributed by atoms with Gasteiger partial charge in [0.2, 0.25) is 0 Å². The fourth-order valence-electron chi connectivity index (χ4n) is 1.15. The molecule has 0 heterocycles. The monoisotopic (exact) mass is 277 g/mol. The first-order valence-corrected chi connectivity index (χ1v) is 6.72. The third-order valence-electron chi connectivity index (χ3n) is 2.00. The van der Waals surface area contributed by atoms with Crippen LogP contribution >= 0.6 is 35.0 Å². The Morgan fingerprint density at radius 3 is 2.50 bits per heavy atom. The number of thioether (sulfide) groups is 1. The Labute approximate surface area is 109 Å². The summed E-state index contributed by atoms with van der Waals surface area (Å²) in [7, 11) is 0. The van der Waals surface area contributed by atoms with Crippen LogP contribution in [-0.2, 0) is 10.5 Å². The normalized spacial score (nSPS) is 12.4. The molecule has 2 nitrogen and oxygen atoms in total. The van der Waals surface area contributed by atoms with Gasteiger partial charge >= 0.3 is 0 Å². The van der Waals surface area contributed by atoms with Crippen molar-refractivity contribution in [1.82, 2.24) is 0 Å². The average molecular weight is 278 g/mol. The lowest BCUT2D eigenvalue weighted by Crippen LogP contribution is -2.33. The molecule has 0 bridgehead atoms. The Morgan fingerprint density at radius 1 is 1.38 bits per heavy atom. The minimum Gasteiger partial charge on any atom is -0.549 e. The predicted molar refractivity (Wildman–Crippen MR) is 66.9 cm³/mol. The second kappa shape index (κ2) is 7.05. The first-order valence-electron chi connectivity index (χ1n) is 4.76. The second-order valence-electron chi connectivity index (χ2n) is 3.22. The molecule has 1 rings (SSSR count). The Morgan fingerprint density at radius 2 is 2.00 bits per heavy atom. The third-order valence-corrected chi connectivity index (χ3v) is 3.80. The van der Waals surface area contributed by atoms with Crippen LogP contribution in [0.15, 0.2) is 24.3 Å². The van der Waals surface area contributed by atoms with E-state index in [1.807, 2.05) is 12.1 Å². The van der Waals surface area contributed by atoms with Crippen molar-refractivity contribution in [1.29, 1.82) is 0 Å². The summed E-state index contributed by atoms with van der Waals surface area (Å²) in [5, 5.41) is 10.9. The fourth-order valence-corrected chi connectivity index (χ4v) is 2.63. The van der Waals surface area contributed by atoms with Gasteiger partial charge in [-0.2, -0.15) is 0 Å². The van der Waals surface area contributed by atoms with E-state index in [0.29, 0.717) is 23.1 Å². The van der Waals surface area contributed by atoms with Gasteiger partial charge < -0.3 is 9.90 Å². The highest BCUT2D eigenvalue weighted by Crippen LogP contribution is 2.21. The van der Waals surface area contributed by atoms with E-state index in [4.69, 9.17) is 23.2 Å². The molecule has 88 valence electrons. The summed E-state index contributed by atoms with van der Waals surface area (Å²) in [6, 6.07) is 7.32. The van der Waals surface area contributed by atoms with Crippen LogP contribution in [0.2, 0.25) is 5.02 Å². The van der Waals surface area contributed by atoms with Crippen LogP contribution in [0.5, 0.6) is 0 Å². The van der Waals surface area contributed by atoms with Gasteiger partial charge in [0.15, 0.2) is 0 Å². The van der Waals surface area contributed by atoms with E-state index < -0.39 is 11.2 Å². The lowest BCUT2D eigenvalue weighted by molar-refractivity contribution is -0.304. The van der Waals surface area contributed by atoms with Gasteiger partial charge in [0.05, 0.1) is 5.97 Å². The minimum absolute atomic E-state index is 0.326. The molecule has 0 fully saturated rings. The Hall–Kier alpha value is -0.380. The Kier molecular flexibility index (Phi) is 6.03. The molecule has 0 aromatic heterocycles. The number of carbonyl (C=O) groups excluding carboxylic acids is 1. The molecule has 0 amide bonds. The van der Waals surface area contributed by atoms with Crippen LogP contribution in [0.25, 0.3) is 0 Å². The van der Waals surface area contributed by atoms with Crippen molar-refractivity contribution < 1.29 is 9.90 Å². The highest BCUT2D eigenvalue weighted by atomic mass is 35.5. The van der Waals surface area contributed by atoms with E-state index >= 15 is 0 Å². The molecule has 0 saturated carbocycles. The van der Waals surface area contributed by atoms with Gasteiger partial charge in [-0.1, -0.05) is 23.7 Å². The largest absolute Gasteiger partial charge is 0.549 e. The lowest BCUT2D eigenvalue weighted by Gasteiger charge is -2.16. The molecule has 0 saturated heterocycles. The van der Waals surface area contributed by atoms with E-state index in [0.717, 1.165) is 5.56 Å². The number of carboxylic acid groups (broad SMARTS) is 1. The summed E-state index contributed by atoms with van der Waals surface area (Å²) in [5.41, 5.74) is 1.04. The van der Waals surface area contributed by atoms with Crippen molar-refractivity contribution in [2.45, 2.75) is 17.4 Å². The summed E-state index contributed by atoms with van der Waals surface area (Å²) < 4.78 is 0. The first kappa shape index (κ1) is 13.7. The smallest absolute Gasteiger partial charge is 0.0545 e. The molecule has 1 aromatic carbocycles. The first-order chi connectivity index (χ1) is 7.63. The van der Waals surface area contributed by atoms with Gasteiger partial charge in [0.25, 0.3) is 0 Å². The number of carboxylic acids is 1. The molecule has 1 unspecified atom stereocenters. The van der Waals surface area contributed by atoms with Gasteiger partial charge in [0, 0.05) is 21.9 Å². The SMILES string of the molecule is O=C([O-])C(CCCl)SCc1ccc(Cl)cc1. The summed E-state index contributed by atoms with van der Waals surface area (Å²) in [5.74, 6) is -0.112. The highest BCUT2D eigenvalue weighted by Gasteiger charge is 2.09. The van der Waals surface area contributed by atoms with E-state index in [-0.39, 0.29) is 0 Å². The van der Waals surface area contributed by atoms with Crippen molar-refractivity contribution in [3.8, 4) is 0 Å². The molecule has 0 radical (unpaired) electrons. The zero-order valence-corrected chi connectivity index (χ0v) is 10.8. The molecule has 5 heteroatoms. The van der Waals surface area contributed by atoms with Gasteiger partial charge in [-0.25, -0.2) is 0 Å². The number of rotatable bonds is 6. The summed E-state index contributed by atoms with van der Waals surface area (Å²) >= 11 is 12.6. The molecule has 16 heavy (non-hydrogen) atoms. The fraction of sp³-hybridized carbons (Fsp3) is 0.364. The molecule has 0 spiro atoms. The number of halogens is 2. The zero-order valence-electron chi connectivity index (χ0n) is 8.49. The van der Waals surface area contributed by atoms with Crippen LogP contribution < -0.4 is 5.11 Å². The molecule has 0 aliphatic heterocycles. The second-order valence-corrected chi connectivity index (χ2v) is 5.23. The predicted octanol–water partition coefficient (Wildman–Crippen LogP) is 2.32. The van der Waals surface area contributed by atoms with E-state index in [1.165, 1.54) is 11.8 Å². The van der Waals surface area contributed by atoms with Gasteiger partial charge in [-0.05, 0) is 24.1 Å². The van der Waals surface area contributed by atoms with Crippen LogP contribution in [0, 0.1) is 0 Å². The van der Waals surface area contributed by atoms with Crippen LogP contribution in [0.1, 0.15) is 12.0 Å². The summed E-state index contributed by atoms with van der Waals surface area (Å²) in [6.07, 6.45) is 0.419. The van der Waals surface area contributed by atoms with Gasteiger partial charge in [-0.15, -0.1) is 23.4 Å². The van der Waals surface area contributed by atoms with E-state index in [1.54, 1.807) is 12.1 Å². The van der Waals surface area contributed by atoms with Crippen molar-refractivity contribution >= 4 is 40.9 Å². The van der Waals surface area contributed by atoms with Gasteiger partial charge in [-0.3, -0.25) is 0 Å². The molecule has 1 atom stereocenters. The van der Waals surface area contributed by atoms with Crippen LogP contribution in [0.4, 0.5) is 0 Å². The molecular formula is C11H11Cl2O2S-. The number of hydrogen-bond acceptors (Lipinski definition) is 3. The Balaban J connectivity index is 2.48. The number of benzene rings is 1. The Bertz CT molecular complexity index is 340. The van der Waals surface area contributed by atoms with Crippen molar-refractivity contribution in [2.24, 2.45) is 0 Å². The maximum atomic E-state index is 10.8. The minimum atomic E-state index is -1.06. The molecule has 1 aromatic rings. The highest BCUT2D eigenvalue weighted by molar-refractivity contribution is 7.99. The number of aliphatic carboxylic acids is 1. The third kappa shape index (κ3) is 4.64. The van der Waals surface area contributed by atoms with E-state index in [9.17, 15) is 9.90 Å². The molecule has 0 aliphatic carbocycles. The van der Waals surface area contributed by atoms with Crippen molar-refractivity contribution in [3.05, 3.63) is 34.9 Å². The number of carbonyl (C=O) groups is 1. The molecule has 0 N–H and O–H groups in total. The average Bonchev–Trinajstić information content (AvgIpc) is 2.26. The van der Waals surface area contributed by atoms with Gasteiger partial charge in [0.1, 0.15) is 0 Å². The van der Waals surface area contributed by atoms with Crippen molar-refractivity contribution in [3.63, 3.8) is 0 Å². The number of alkyl halides is 1. The maximum Gasteiger partial charge on any atom is 0.0545 e. The molecular weight excluding hydrogens is 267 g/mol. The van der Waals surface area contributed by atoms with Crippen LogP contribution in [-0.4, -0.2) is 17.1 Å². The van der Waals surface area contributed by atoms with E-state index in [2.05, 4.69) is 0 Å². The molecule has 0 aliphatic rings. The summed E-state index contributed by atoms with van der Waals surface area (Å²) in [6.45, 7) is 0. The lowest BCUT2D eigenvalue weighted by atomic mass is 10.2. The maximum absolute atomic E-state index is 10.8. The van der Waals surface area contributed by atoms with Crippen LogP contribution in [0.3, 0.4) is 0 Å². The van der Waals surface area contributed by atoms with Crippen molar-refractivity contribution in [2.75, 3.05) is 5.88 Å².